The zero-order chi connectivity index (χ0) is 10.7. The highest BCUT2D eigenvalue weighted by Crippen LogP contribution is 2.39. The van der Waals surface area contributed by atoms with E-state index >= 15 is 0 Å². The predicted molar refractivity (Wildman–Crippen MR) is 60.8 cm³/mol. The fourth-order valence-electron chi connectivity index (χ4n) is 3.42. The lowest BCUT2D eigenvalue weighted by Crippen LogP contribution is -2.42. The van der Waals surface area contributed by atoms with Crippen molar-refractivity contribution in [3.8, 4) is 0 Å². The first-order chi connectivity index (χ1) is 7.27. The van der Waals surface area contributed by atoms with Crippen molar-refractivity contribution in [3.05, 3.63) is 0 Å². The van der Waals surface area contributed by atoms with E-state index in [-0.39, 0.29) is 11.7 Å². The van der Waals surface area contributed by atoms with Crippen molar-refractivity contribution < 1.29 is 9.84 Å². The van der Waals surface area contributed by atoms with Gasteiger partial charge in [0, 0.05) is 7.11 Å². The number of ether oxygens (including phenoxy) is 1. The minimum absolute atomic E-state index is 0.192. The van der Waals surface area contributed by atoms with Crippen LogP contribution in [0.15, 0.2) is 0 Å². The molecule has 2 nitrogen and oxygen atoms in total. The molecule has 2 aliphatic carbocycles. The van der Waals surface area contributed by atoms with Crippen LogP contribution in [0, 0.1) is 5.92 Å². The van der Waals surface area contributed by atoms with Crippen LogP contribution in [0.2, 0.25) is 0 Å². The standard InChI is InChI=1S/C13H24O2/c1-15-13(8-4-5-9-13)12(14)10-11-6-2-3-7-11/h11-12,14H,2-10H2,1H3. The SMILES string of the molecule is COC1(C(O)CC2CCCC2)CCCC1. The molecule has 2 aliphatic rings. The van der Waals surface area contributed by atoms with Gasteiger partial charge in [-0.15, -0.1) is 0 Å². The molecule has 15 heavy (non-hydrogen) atoms. The molecule has 1 atom stereocenters. The summed E-state index contributed by atoms with van der Waals surface area (Å²) in [4.78, 5) is 0. The first-order valence-corrected chi connectivity index (χ1v) is 6.50. The van der Waals surface area contributed by atoms with Crippen molar-refractivity contribution in [2.24, 2.45) is 5.92 Å². The van der Waals surface area contributed by atoms with Crippen LogP contribution >= 0.6 is 0 Å². The summed E-state index contributed by atoms with van der Waals surface area (Å²) in [6.07, 6.45) is 10.6. The number of aliphatic hydroxyl groups is 1. The summed E-state index contributed by atoms with van der Waals surface area (Å²) in [5.74, 6) is 0.757. The summed E-state index contributed by atoms with van der Waals surface area (Å²) in [6, 6.07) is 0. The summed E-state index contributed by atoms with van der Waals surface area (Å²) >= 11 is 0. The second-order valence-corrected chi connectivity index (χ2v) is 5.38. The van der Waals surface area contributed by atoms with Crippen molar-refractivity contribution in [1.29, 1.82) is 0 Å². The largest absolute Gasteiger partial charge is 0.390 e. The van der Waals surface area contributed by atoms with Crippen molar-refractivity contribution in [2.45, 2.75) is 69.5 Å². The molecule has 0 radical (unpaired) electrons. The van der Waals surface area contributed by atoms with E-state index in [1.807, 2.05) is 0 Å². The molecule has 1 N–H and O–H groups in total. The molecule has 0 bridgehead atoms. The summed E-state index contributed by atoms with van der Waals surface area (Å²) in [6.45, 7) is 0. The van der Waals surface area contributed by atoms with Crippen molar-refractivity contribution in [3.63, 3.8) is 0 Å². The summed E-state index contributed by atoms with van der Waals surface area (Å²) in [5.41, 5.74) is -0.192. The van der Waals surface area contributed by atoms with Gasteiger partial charge in [-0.1, -0.05) is 38.5 Å². The van der Waals surface area contributed by atoms with Crippen LogP contribution in [0.3, 0.4) is 0 Å². The predicted octanol–water partition coefficient (Wildman–Crippen LogP) is 2.89. The maximum atomic E-state index is 10.3. The molecule has 0 amide bonds. The molecular formula is C13H24O2. The molecule has 0 aromatic carbocycles. The quantitative estimate of drug-likeness (QED) is 0.776. The van der Waals surface area contributed by atoms with Gasteiger partial charge < -0.3 is 9.84 Å². The van der Waals surface area contributed by atoms with Gasteiger partial charge in [0.15, 0.2) is 0 Å². The Labute approximate surface area is 93.0 Å². The number of hydrogen-bond donors (Lipinski definition) is 1. The van der Waals surface area contributed by atoms with E-state index in [9.17, 15) is 5.11 Å². The van der Waals surface area contributed by atoms with E-state index < -0.39 is 0 Å². The molecule has 0 spiro atoms. The lowest BCUT2D eigenvalue weighted by Gasteiger charge is -2.34. The first kappa shape index (κ1) is 11.4. The Morgan fingerprint density at radius 2 is 1.80 bits per heavy atom. The Morgan fingerprint density at radius 1 is 1.20 bits per heavy atom. The normalized spacial score (nSPS) is 28.4. The Hall–Kier alpha value is -0.0800. The molecular weight excluding hydrogens is 188 g/mol. The van der Waals surface area contributed by atoms with E-state index in [0.29, 0.717) is 0 Å². The minimum Gasteiger partial charge on any atom is -0.390 e. The molecule has 88 valence electrons. The number of aliphatic hydroxyl groups excluding tert-OH is 1. The second-order valence-electron chi connectivity index (χ2n) is 5.38. The van der Waals surface area contributed by atoms with Crippen molar-refractivity contribution in [1.82, 2.24) is 0 Å². The van der Waals surface area contributed by atoms with Gasteiger partial charge in [0.25, 0.3) is 0 Å². The number of hydrogen-bond acceptors (Lipinski definition) is 2. The molecule has 2 fully saturated rings. The van der Waals surface area contributed by atoms with E-state index in [2.05, 4.69) is 0 Å². The maximum absolute atomic E-state index is 10.3. The fourth-order valence-corrected chi connectivity index (χ4v) is 3.42. The maximum Gasteiger partial charge on any atom is 0.0936 e. The van der Waals surface area contributed by atoms with E-state index in [0.717, 1.165) is 25.2 Å². The Morgan fingerprint density at radius 3 is 2.33 bits per heavy atom. The van der Waals surface area contributed by atoms with Gasteiger partial charge >= 0.3 is 0 Å². The third-order valence-corrected chi connectivity index (χ3v) is 4.50. The summed E-state index contributed by atoms with van der Waals surface area (Å²) in [7, 11) is 1.77. The molecule has 2 saturated carbocycles. The number of rotatable bonds is 4. The van der Waals surface area contributed by atoms with Gasteiger partial charge in [0.1, 0.15) is 0 Å². The minimum atomic E-state index is -0.229. The van der Waals surface area contributed by atoms with Crippen LogP contribution in [-0.4, -0.2) is 23.9 Å². The van der Waals surface area contributed by atoms with Crippen LogP contribution in [0.25, 0.3) is 0 Å². The zero-order valence-electron chi connectivity index (χ0n) is 9.87. The summed E-state index contributed by atoms with van der Waals surface area (Å²) in [5, 5.41) is 10.3. The van der Waals surface area contributed by atoms with Crippen molar-refractivity contribution in [2.75, 3.05) is 7.11 Å². The Bertz CT molecular complexity index is 191. The molecule has 0 heterocycles. The monoisotopic (exact) mass is 212 g/mol. The zero-order valence-corrected chi connectivity index (χ0v) is 9.87. The number of methoxy groups -OCH3 is 1. The highest BCUT2D eigenvalue weighted by Gasteiger charge is 2.41. The van der Waals surface area contributed by atoms with Gasteiger partial charge in [-0.3, -0.25) is 0 Å². The lowest BCUT2D eigenvalue weighted by atomic mass is 9.87. The van der Waals surface area contributed by atoms with Crippen LogP contribution in [0.4, 0.5) is 0 Å². The molecule has 1 unspecified atom stereocenters. The van der Waals surface area contributed by atoms with Crippen molar-refractivity contribution >= 4 is 0 Å². The average Bonchev–Trinajstić information content (AvgIpc) is 2.87. The second kappa shape index (κ2) is 4.84. The Kier molecular flexibility index (Phi) is 3.68. The van der Waals surface area contributed by atoms with Crippen LogP contribution < -0.4 is 0 Å². The lowest BCUT2D eigenvalue weighted by molar-refractivity contribution is -0.105. The van der Waals surface area contributed by atoms with Gasteiger partial charge in [0.05, 0.1) is 11.7 Å². The smallest absolute Gasteiger partial charge is 0.0936 e. The van der Waals surface area contributed by atoms with Crippen LogP contribution in [0.5, 0.6) is 0 Å². The van der Waals surface area contributed by atoms with Gasteiger partial charge in [-0.25, -0.2) is 0 Å². The fraction of sp³-hybridized carbons (Fsp3) is 1.00. The first-order valence-electron chi connectivity index (χ1n) is 6.50. The highest BCUT2D eigenvalue weighted by atomic mass is 16.5. The van der Waals surface area contributed by atoms with E-state index in [1.165, 1.54) is 38.5 Å². The molecule has 0 aromatic rings. The Balaban J connectivity index is 1.89. The summed E-state index contributed by atoms with van der Waals surface area (Å²) < 4.78 is 5.62. The highest BCUT2D eigenvalue weighted by molar-refractivity contribution is 4.93. The molecule has 0 aromatic heterocycles. The average molecular weight is 212 g/mol. The molecule has 0 saturated heterocycles. The van der Waals surface area contributed by atoms with E-state index in [4.69, 9.17) is 4.74 Å². The van der Waals surface area contributed by atoms with Crippen LogP contribution in [0.1, 0.15) is 57.8 Å². The topological polar surface area (TPSA) is 29.5 Å². The third kappa shape index (κ3) is 2.36. The molecule has 0 aliphatic heterocycles. The van der Waals surface area contributed by atoms with E-state index in [1.54, 1.807) is 7.11 Å². The molecule has 2 heteroatoms. The van der Waals surface area contributed by atoms with Gasteiger partial charge in [-0.2, -0.15) is 0 Å². The van der Waals surface area contributed by atoms with Crippen LogP contribution in [-0.2, 0) is 4.74 Å². The van der Waals surface area contributed by atoms with Gasteiger partial charge in [-0.05, 0) is 25.2 Å². The molecule has 2 rings (SSSR count). The van der Waals surface area contributed by atoms with Gasteiger partial charge in [0.2, 0.25) is 0 Å². The third-order valence-electron chi connectivity index (χ3n) is 4.50.